The fourth-order valence-electron chi connectivity index (χ4n) is 1.51. The van der Waals surface area contributed by atoms with Gasteiger partial charge in [0.2, 0.25) is 5.88 Å². The topological polar surface area (TPSA) is 66.0 Å². The number of methoxy groups -OCH3 is 1. The molecule has 0 saturated carbocycles. The molecule has 0 aliphatic rings. The molecule has 2 heterocycles. The Labute approximate surface area is 101 Å². The van der Waals surface area contributed by atoms with Crippen molar-refractivity contribution in [2.24, 2.45) is 7.05 Å². The molecule has 2 N–H and O–H groups in total. The van der Waals surface area contributed by atoms with Crippen molar-refractivity contribution in [3.63, 3.8) is 0 Å². The summed E-state index contributed by atoms with van der Waals surface area (Å²) in [5.74, 6) is 0.526. The van der Waals surface area contributed by atoms with Crippen molar-refractivity contribution in [1.82, 2.24) is 14.8 Å². The van der Waals surface area contributed by atoms with Gasteiger partial charge in [-0.1, -0.05) is 0 Å². The van der Waals surface area contributed by atoms with Crippen LogP contribution in [0, 0.1) is 0 Å². The van der Waals surface area contributed by atoms with Crippen LogP contribution in [0.25, 0.3) is 11.3 Å². The van der Waals surface area contributed by atoms with Gasteiger partial charge in [-0.25, -0.2) is 4.98 Å². The van der Waals surface area contributed by atoms with Crippen molar-refractivity contribution in [2.45, 2.75) is 0 Å². The molecule has 2 aromatic rings. The number of hydrogen-bond acceptors (Lipinski definition) is 4. The smallest absolute Gasteiger partial charge is 0.222 e. The summed E-state index contributed by atoms with van der Waals surface area (Å²) in [7, 11) is 3.43. The van der Waals surface area contributed by atoms with E-state index in [2.05, 4.69) is 26.0 Å². The van der Waals surface area contributed by atoms with E-state index >= 15 is 0 Å². The molecule has 0 unspecified atom stereocenters. The van der Waals surface area contributed by atoms with Crippen LogP contribution in [0.1, 0.15) is 0 Å². The average Bonchev–Trinajstić information content (AvgIpc) is 2.58. The van der Waals surface area contributed by atoms with Gasteiger partial charge >= 0.3 is 0 Å². The highest BCUT2D eigenvalue weighted by molar-refractivity contribution is 9.10. The molecule has 2 aromatic heterocycles. The van der Waals surface area contributed by atoms with Crippen LogP contribution >= 0.6 is 15.9 Å². The Kier molecular flexibility index (Phi) is 2.82. The number of pyridine rings is 1. The molecular formula is C10H11BrN4O. The first kappa shape index (κ1) is 10.9. The SMILES string of the molecule is COc1ncc(N)cc1-c1c(Br)cnn1C. The van der Waals surface area contributed by atoms with Gasteiger partial charge in [0.15, 0.2) is 0 Å². The van der Waals surface area contributed by atoms with Crippen molar-refractivity contribution < 1.29 is 4.74 Å². The Morgan fingerprint density at radius 2 is 2.19 bits per heavy atom. The predicted molar refractivity (Wildman–Crippen MR) is 65.1 cm³/mol. The van der Waals surface area contributed by atoms with Gasteiger partial charge in [0.1, 0.15) is 0 Å². The lowest BCUT2D eigenvalue weighted by Gasteiger charge is -2.09. The third kappa shape index (κ3) is 1.76. The highest BCUT2D eigenvalue weighted by atomic mass is 79.9. The van der Waals surface area contributed by atoms with E-state index in [9.17, 15) is 0 Å². The van der Waals surface area contributed by atoms with E-state index in [1.807, 2.05) is 13.1 Å². The summed E-state index contributed by atoms with van der Waals surface area (Å²) in [6.07, 6.45) is 3.28. The first-order valence-electron chi connectivity index (χ1n) is 4.61. The molecule has 16 heavy (non-hydrogen) atoms. The van der Waals surface area contributed by atoms with Crippen molar-refractivity contribution in [2.75, 3.05) is 12.8 Å². The molecule has 6 heteroatoms. The Morgan fingerprint density at radius 1 is 1.44 bits per heavy atom. The number of nitrogen functional groups attached to an aromatic ring is 1. The first-order chi connectivity index (χ1) is 7.63. The maximum Gasteiger partial charge on any atom is 0.222 e. The summed E-state index contributed by atoms with van der Waals surface area (Å²) in [6, 6.07) is 1.81. The van der Waals surface area contributed by atoms with Gasteiger partial charge in [-0.2, -0.15) is 5.10 Å². The second kappa shape index (κ2) is 4.13. The number of hydrogen-bond donors (Lipinski definition) is 1. The van der Waals surface area contributed by atoms with Gasteiger partial charge in [0.05, 0.1) is 40.9 Å². The number of nitrogens with two attached hydrogens (primary N) is 1. The molecule has 0 atom stereocenters. The molecule has 0 aliphatic carbocycles. The van der Waals surface area contributed by atoms with E-state index in [1.165, 1.54) is 0 Å². The second-order valence-electron chi connectivity index (χ2n) is 3.29. The zero-order chi connectivity index (χ0) is 11.7. The monoisotopic (exact) mass is 282 g/mol. The lowest BCUT2D eigenvalue weighted by atomic mass is 10.2. The van der Waals surface area contributed by atoms with Crippen LogP contribution in [-0.4, -0.2) is 21.9 Å². The highest BCUT2D eigenvalue weighted by Crippen LogP contribution is 2.34. The third-order valence-electron chi connectivity index (χ3n) is 2.21. The second-order valence-corrected chi connectivity index (χ2v) is 4.14. The average molecular weight is 283 g/mol. The number of halogens is 1. The van der Waals surface area contributed by atoms with Gasteiger partial charge in [-0.05, 0) is 22.0 Å². The summed E-state index contributed by atoms with van der Waals surface area (Å²) < 4.78 is 7.82. The van der Waals surface area contributed by atoms with Crippen LogP contribution in [0.4, 0.5) is 5.69 Å². The minimum atomic E-state index is 0.526. The molecular weight excluding hydrogens is 272 g/mol. The molecule has 0 spiro atoms. The van der Waals surface area contributed by atoms with Crippen LogP contribution < -0.4 is 10.5 Å². The third-order valence-corrected chi connectivity index (χ3v) is 2.80. The summed E-state index contributed by atoms with van der Waals surface area (Å²) >= 11 is 3.43. The molecule has 0 saturated heterocycles. The van der Waals surface area contributed by atoms with Gasteiger partial charge in [-0.3, -0.25) is 4.68 Å². The van der Waals surface area contributed by atoms with Crippen molar-refractivity contribution in [3.05, 3.63) is 22.9 Å². The number of ether oxygens (including phenoxy) is 1. The van der Waals surface area contributed by atoms with Crippen molar-refractivity contribution in [1.29, 1.82) is 0 Å². The van der Waals surface area contributed by atoms with Crippen LogP contribution in [0.5, 0.6) is 5.88 Å². The molecule has 84 valence electrons. The lowest BCUT2D eigenvalue weighted by Crippen LogP contribution is -1.99. The van der Waals surface area contributed by atoms with E-state index in [1.54, 1.807) is 24.2 Å². The highest BCUT2D eigenvalue weighted by Gasteiger charge is 2.15. The van der Waals surface area contributed by atoms with Gasteiger partial charge in [-0.15, -0.1) is 0 Å². The van der Waals surface area contributed by atoms with E-state index in [0.717, 1.165) is 15.7 Å². The zero-order valence-electron chi connectivity index (χ0n) is 8.94. The molecule has 0 aromatic carbocycles. The van der Waals surface area contributed by atoms with Gasteiger partial charge in [0.25, 0.3) is 0 Å². The number of aromatic nitrogens is 3. The van der Waals surface area contributed by atoms with E-state index in [0.29, 0.717) is 11.6 Å². The number of nitrogens with zero attached hydrogens (tertiary/aromatic N) is 3. The van der Waals surface area contributed by atoms with Gasteiger partial charge in [0, 0.05) is 7.05 Å². The minimum Gasteiger partial charge on any atom is -0.481 e. The van der Waals surface area contributed by atoms with E-state index < -0.39 is 0 Å². The summed E-state index contributed by atoms with van der Waals surface area (Å²) in [6.45, 7) is 0. The summed E-state index contributed by atoms with van der Waals surface area (Å²) in [5, 5.41) is 4.14. The zero-order valence-corrected chi connectivity index (χ0v) is 10.5. The first-order valence-corrected chi connectivity index (χ1v) is 5.40. The number of rotatable bonds is 2. The minimum absolute atomic E-state index is 0.526. The normalized spacial score (nSPS) is 10.4. The molecule has 5 nitrogen and oxygen atoms in total. The molecule has 0 aliphatic heterocycles. The maximum absolute atomic E-state index is 5.73. The Balaban J connectivity index is 2.67. The Morgan fingerprint density at radius 3 is 2.75 bits per heavy atom. The lowest BCUT2D eigenvalue weighted by molar-refractivity contribution is 0.399. The Hall–Kier alpha value is -1.56. The molecule has 0 radical (unpaired) electrons. The van der Waals surface area contributed by atoms with Crippen LogP contribution in [0.2, 0.25) is 0 Å². The fourth-order valence-corrected chi connectivity index (χ4v) is 2.08. The largest absolute Gasteiger partial charge is 0.481 e. The maximum atomic E-state index is 5.73. The number of aryl methyl sites for hydroxylation is 1. The molecule has 2 rings (SSSR count). The number of anilines is 1. The predicted octanol–water partition coefficient (Wildman–Crippen LogP) is 1.84. The molecule has 0 amide bonds. The van der Waals surface area contributed by atoms with Crippen LogP contribution in [0.15, 0.2) is 22.9 Å². The van der Waals surface area contributed by atoms with Gasteiger partial charge < -0.3 is 10.5 Å². The quantitative estimate of drug-likeness (QED) is 0.913. The Bertz CT molecular complexity index is 504. The van der Waals surface area contributed by atoms with Crippen molar-refractivity contribution >= 4 is 21.6 Å². The van der Waals surface area contributed by atoms with Crippen molar-refractivity contribution in [3.8, 4) is 17.1 Å². The van der Waals surface area contributed by atoms with Crippen LogP contribution in [0.3, 0.4) is 0 Å². The molecule has 0 bridgehead atoms. The van der Waals surface area contributed by atoms with Crippen LogP contribution in [-0.2, 0) is 7.05 Å². The van der Waals surface area contributed by atoms with E-state index in [4.69, 9.17) is 10.5 Å². The standard InChI is InChI=1S/C10H11BrN4O/c1-15-9(8(11)5-14-15)7-3-6(12)4-13-10(7)16-2/h3-5H,12H2,1-2H3. The fraction of sp³-hybridized carbons (Fsp3) is 0.200. The summed E-state index contributed by atoms with van der Waals surface area (Å²) in [4.78, 5) is 4.13. The summed E-state index contributed by atoms with van der Waals surface area (Å²) in [5.41, 5.74) is 8.01. The molecule has 0 fully saturated rings. The van der Waals surface area contributed by atoms with E-state index in [-0.39, 0.29) is 0 Å².